The second kappa shape index (κ2) is 10.9. The van der Waals surface area contributed by atoms with Crippen LogP contribution in [0.25, 0.3) is 0 Å². The van der Waals surface area contributed by atoms with E-state index in [4.69, 9.17) is 45.3 Å². The first-order chi connectivity index (χ1) is 14.6. The summed E-state index contributed by atoms with van der Waals surface area (Å²) in [6.07, 6.45) is -4.29. The van der Waals surface area contributed by atoms with Crippen LogP contribution in [0.5, 0.6) is 0 Å². The number of rotatable bonds is 7. The molecule has 6 nitrogen and oxygen atoms in total. The number of carbonyl (C=O) groups is 1. The molecule has 31 heavy (non-hydrogen) atoms. The fourth-order valence-corrected chi connectivity index (χ4v) is 3.17. The molecule has 0 fully saturated rings. The van der Waals surface area contributed by atoms with E-state index in [2.05, 4.69) is 16.0 Å². The summed E-state index contributed by atoms with van der Waals surface area (Å²) in [5.74, 6) is -0.665. The van der Waals surface area contributed by atoms with Crippen LogP contribution >= 0.6 is 35.4 Å². The van der Waals surface area contributed by atoms with Crippen molar-refractivity contribution in [3.05, 3.63) is 51.5 Å². The van der Waals surface area contributed by atoms with E-state index in [0.29, 0.717) is 6.42 Å². The molecule has 0 radical (unpaired) electrons. The zero-order chi connectivity index (χ0) is 23.2. The van der Waals surface area contributed by atoms with Crippen LogP contribution in [0.15, 0.2) is 30.3 Å². The average molecular weight is 496 g/mol. The molecule has 0 bridgehead atoms. The van der Waals surface area contributed by atoms with Crippen molar-refractivity contribution in [1.82, 2.24) is 0 Å². The first-order valence-electron chi connectivity index (χ1n) is 8.78. The van der Waals surface area contributed by atoms with Gasteiger partial charge in [0.1, 0.15) is 0 Å². The van der Waals surface area contributed by atoms with E-state index in [0.717, 1.165) is 12.1 Å². The van der Waals surface area contributed by atoms with E-state index in [1.54, 1.807) is 0 Å². The standard InChI is InChI=1S/C19H18Cl2F3N3O3S/c1-30-17(29)11-4-5-13(21)16(15(11)25-7-2-8-28)27-18(31)26-14-6-3-10(20)9-12(14)19(22,23)24/h3-6,9,25,28H,2,7-8H2,1H3,(H2,26,27,31). The molecular formula is C19H18Cl2F3N3O3S. The van der Waals surface area contributed by atoms with Gasteiger partial charge in [-0.2, -0.15) is 13.2 Å². The molecule has 0 saturated carbocycles. The van der Waals surface area contributed by atoms with Crippen molar-refractivity contribution in [3.8, 4) is 0 Å². The molecular weight excluding hydrogens is 478 g/mol. The summed E-state index contributed by atoms with van der Waals surface area (Å²) in [5, 5.41) is 17.0. The summed E-state index contributed by atoms with van der Waals surface area (Å²) in [4.78, 5) is 12.1. The molecule has 2 rings (SSSR count). The molecule has 0 amide bonds. The van der Waals surface area contributed by atoms with Gasteiger partial charge >= 0.3 is 12.1 Å². The number of methoxy groups -OCH3 is 1. The number of aliphatic hydroxyl groups is 1. The zero-order valence-electron chi connectivity index (χ0n) is 16.1. The minimum absolute atomic E-state index is 0.0825. The maximum atomic E-state index is 13.3. The Balaban J connectivity index is 2.37. The molecule has 0 aliphatic carbocycles. The number of aliphatic hydroxyl groups excluding tert-OH is 1. The number of hydrogen-bond donors (Lipinski definition) is 4. The molecule has 168 valence electrons. The van der Waals surface area contributed by atoms with E-state index in [9.17, 15) is 18.0 Å². The summed E-state index contributed by atoms with van der Waals surface area (Å²) < 4.78 is 44.7. The third-order valence-corrected chi connectivity index (χ3v) is 4.72. The molecule has 0 aromatic heterocycles. The van der Waals surface area contributed by atoms with Gasteiger partial charge in [0.05, 0.1) is 40.3 Å². The van der Waals surface area contributed by atoms with E-state index < -0.39 is 17.7 Å². The molecule has 2 aromatic carbocycles. The Bertz CT molecular complexity index is 974. The second-order valence-electron chi connectivity index (χ2n) is 6.11. The van der Waals surface area contributed by atoms with E-state index in [1.807, 2.05) is 0 Å². The van der Waals surface area contributed by atoms with Crippen LogP contribution in [-0.4, -0.2) is 36.4 Å². The Morgan fingerprint density at radius 1 is 1.16 bits per heavy atom. The minimum Gasteiger partial charge on any atom is -0.465 e. The lowest BCUT2D eigenvalue weighted by atomic mass is 10.1. The van der Waals surface area contributed by atoms with Gasteiger partial charge in [0, 0.05) is 18.2 Å². The van der Waals surface area contributed by atoms with Gasteiger partial charge in [-0.15, -0.1) is 0 Å². The second-order valence-corrected chi connectivity index (χ2v) is 7.36. The number of esters is 1. The monoisotopic (exact) mass is 495 g/mol. The minimum atomic E-state index is -4.66. The predicted molar refractivity (Wildman–Crippen MR) is 119 cm³/mol. The predicted octanol–water partition coefficient (Wildman–Crippen LogP) is 5.40. The van der Waals surface area contributed by atoms with Gasteiger partial charge in [0.2, 0.25) is 0 Å². The Labute approximate surface area is 191 Å². The number of benzene rings is 2. The van der Waals surface area contributed by atoms with Crippen molar-refractivity contribution in [3.63, 3.8) is 0 Å². The van der Waals surface area contributed by atoms with Crippen molar-refractivity contribution in [1.29, 1.82) is 0 Å². The number of halogens is 5. The molecule has 0 saturated heterocycles. The van der Waals surface area contributed by atoms with Gasteiger partial charge in [-0.05, 0) is 49.0 Å². The molecule has 2 aromatic rings. The maximum Gasteiger partial charge on any atom is 0.418 e. The van der Waals surface area contributed by atoms with Crippen LogP contribution in [-0.2, 0) is 10.9 Å². The number of alkyl halides is 3. The van der Waals surface area contributed by atoms with Crippen molar-refractivity contribution in [2.75, 3.05) is 36.2 Å². The lowest BCUT2D eigenvalue weighted by molar-refractivity contribution is -0.136. The van der Waals surface area contributed by atoms with Crippen molar-refractivity contribution in [2.24, 2.45) is 0 Å². The highest BCUT2D eigenvalue weighted by Crippen LogP contribution is 2.37. The largest absolute Gasteiger partial charge is 0.465 e. The van der Waals surface area contributed by atoms with Crippen LogP contribution in [0.1, 0.15) is 22.3 Å². The van der Waals surface area contributed by atoms with Gasteiger partial charge in [0.15, 0.2) is 5.11 Å². The number of anilines is 3. The summed E-state index contributed by atoms with van der Waals surface area (Å²) in [5.41, 5.74) is -0.812. The van der Waals surface area contributed by atoms with Crippen LogP contribution in [0.3, 0.4) is 0 Å². The summed E-state index contributed by atoms with van der Waals surface area (Å²) in [7, 11) is 1.20. The smallest absolute Gasteiger partial charge is 0.418 e. The highest BCUT2D eigenvalue weighted by molar-refractivity contribution is 7.80. The van der Waals surface area contributed by atoms with Crippen molar-refractivity contribution in [2.45, 2.75) is 12.6 Å². The highest BCUT2D eigenvalue weighted by atomic mass is 35.5. The quantitative estimate of drug-likeness (QED) is 0.232. The summed E-state index contributed by atoms with van der Waals surface area (Å²) >= 11 is 17.1. The molecule has 0 atom stereocenters. The van der Waals surface area contributed by atoms with Gasteiger partial charge in [-0.25, -0.2) is 4.79 Å². The fraction of sp³-hybridized carbons (Fsp3) is 0.263. The van der Waals surface area contributed by atoms with Crippen LogP contribution < -0.4 is 16.0 Å². The number of ether oxygens (including phenoxy) is 1. The molecule has 0 unspecified atom stereocenters. The van der Waals surface area contributed by atoms with E-state index in [-0.39, 0.29) is 50.9 Å². The third kappa shape index (κ3) is 6.60. The fourth-order valence-electron chi connectivity index (χ4n) is 2.58. The third-order valence-electron chi connectivity index (χ3n) is 3.97. The molecule has 12 heteroatoms. The number of hydrogen-bond acceptors (Lipinski definition) is 5. The van der Waals surface area contributed by atoms with Crippen LogP contribution in [0.2, 0.25) is 10.0 Å². The highest BCUT2D eigenvalue weighted by Gasteiger charge is 2.34. The summed E-state index contributed by atoms with van der Waals surface area (Å²) in [6, 6.07) is 6.05. The average Bonchev–Trinajstić information content (AvgIpc) is 2.70. The lowest BCUT2D eigenvalue weighted by Gasteiger charge is -2.20. The lowest BCUT2D eigenvalue weighted by Crippen LogP contribution is -2.23. The Kier molecular flexibility index (Phi) is 8.75. The van der Waals surface area contributed by atoms with Crippen LogP contribution in [0, 0.1) is 0 Å². The molecule has 4 N–H and O–H groups in total. The number of nitrogens with one attached hydrogen (secondary N) is 3. The van der Waals surface area contributed by atoms with Gasteiger partial charge in [0.25, 0.3) is 0 Å². The SMILES string of the molecule is COC(=O)c1ccc(Cl)c(NC(=S)Nc2ccc(Cl)cc2C(F)(F)F)c1NCCCO. The normalized spacial score (nSPS) is 11.1. The van der Waals surface area contributed by atoms with E-state index in [1.165, 1.54) is 25.3 Å². The van der Waals surface area contributed by atoms with Gasteiger partial charge in [-0.1, -0.05) is 23.2 Å². The number of thiocarbonyl (C=S) groups is 1. The van der Waals surface area contributed by atoms with Gasteiger partial charge < -0.3 is 25.8 Å². The molecule has 0 aliphatic heterocycles. The molecule has 0 aliphatic rings. The Morgan fingerprint density at radius 2 is 1.87 bits per heavy atom. The molecule has 0 spiro atoms. The maximum absolute atomic E-state index is 13.3. The topological polar surface area (TPSA) is 82.6 Å². The number of carbonyl (C=O) groups excluding carboxylic acids is 1. The van der Waals surface area contributed by atoms with Crippen molar-refractivity contribution < 1.29 is 27.8 Å². The molecule has 0 heterocycles. The Morgan fingerprint density at radius 3 is 2.48 bits per heavy atom. The van der Waals surface area contributed by atoms with E-state index >= 15 is 0 Å². The zero-order valence-corrected chi connectivity index (χ0v) is 18.4. The van der Waals surface area contributed by atoms with Crippen LogP contribution in [0.4, 0.5) is 30.2 Å². The summed E-state index contributed by atoms with van der Waals surface area (Å²) in [6.45, 7) is 0.186. The first kappa shape index (κ1) is 25.0. The van der Waals surface area contributed by atoms with Gasteiger partial charge in [-0.3, -0.25) is 0 Å². The van der Waals surface area contributed by atoms with Crippen molar-refractivity contribution >= 4 is 63.6 Å². The first-order valence-corrected chi connectivity index (χ1v) is 9.95. The Hall–Kier alpha value is -2.27.